The molecule has 156 valence electrons. The van der Waals surface area contributed by atoms with Crippen LogP contribution in [0, 0.1) is 0 Å². The number of ether oxygens (including phenoxy) is 2. The predicted molar refractivity (Wildman–Crippen MR) is 118 cm³/mol. The number of pyridine rings is 1. The molecular weight excluding hydrogens is 404 g/mol. The smallest absolute Gasteiger partial charge is 0.257 e. The van der Waals surface area contributed by atoms with Crippen molar-refractivity contribution in [3.63, 3.8) is 0 Å². The van der Waals surface area contributed by atoms with E-state index in [4.69, 9.17) is 21.1 Å². The van der Waals surface area contributed by atoms with Crippen LogP contribution in [0.1, 0.15) is 29.8 Å². The van der Waals surface area contributed by atoms with Gasteiger partial charge in [-0.15, -0.1) is 0 Å². The Hall–Kier alpha value is -3.25. The van der Waals surface area contributed by atoms with Gasteiger partial charge in [0.15, 0.2) is 11.5 Å². The molecule has 0 aliphatic carbocycles. The van der Waals surface area contributed by atoms with Gasteiger partial charge >= 0.3 is 0 Å². The van der Waals surface area contributed by atoms with Gasteiger partial charge in [-0.2, -0.15) is 0 Å². The number of amides is 1. The lowest BCUT2D eigenvalue weighted by atomic mass is 10.2. The highest BCUT2D eigenvalue weighted by Crippen LogP contribution is 2.30. The van der Waals surface area contributed by atoms with Gasteiger partial charge in [0.25, 0.3) is 11.5 Å². The number of hydrogen-bond acceptors (Lipinski definition) is 4. The van der Waals surface area contributed by atoms with Crippen molar-refractivity contribution in [2.75, 3.05) is 18.5 Å². The van der Waals surface area contributed by atoms with Gasteiger partial charge in [0, 0.05) is 29.0 Å². The molecule has 0 aliphatic rings. The zero-order valence-electron chi connectivity index (χ0n) is 16.9. The van der Waals surface area contributed by atoms with E-state index in [0.717, 1.165) is 5.56 Å². The van der Waals surface area contributed by atoms with Gasteiger partial charge in [-0.1, -0.05) is 29.8 Å². The monoisotopic (exact) mass is 426 g/mol. The summed E-state index contributed by atoms with van der Waals surface area (Å²) in [5.74, 6) is 0.834. The molecule has 0 radical (unpaired) electrons. The summed E-state index contributed by atoms with van der Waals surface area (Å²) in [5, 5.41) is 3.40. The summed E-state index contributed by atoms with van der Waals surface area (Å²) in [6.45, 7) is 5.03. The predicted octanol–water partition coefficient (Wildman–Crippen LogP) is 4.60. The first-order valence-corrected chi connectivity index (χ1v) is 10.0. The molecule has 0 bridgehead atoms. The highest BCUT2D eigenvalue weighted by Gasteiger charge is 2.12. The molecule has 1 N–H and O–H groups in total. The van der Waals surface area contributed by atoms with Crippen molar-refractivity contribution in [2.45, 2.75) is 20.4 Å². The number of anilines is 1. The van der Waals surface area contributed by atoms with E-state index in [0.29, 0.717) is 41.0 Å². The number of rotatable bonds is 8. The molecule has 0 saturated heterocycles. The maximum Gasteiger partial charge on any atom is 0.257 e. The summed E-state index contributed by atoms with van der Waals surface area (Å²) in [5.41, 5.74) is 1.50. The summed E-state index contributed by atoms with van der Waals surface area (Å²) in [6.07, 6.45) is 1.53. The van der Waals surface area contributed by atoms with Crippen LogP contribution in [-0.2, 0) is 6.54 Å². The Morgan fingerprint density at radius 2 is 1.73 bits per heavy atom. The minimum absolute atomic E-state index is 0.217. The highest BCUT2D eigenvalue weighted by atomic mass is 35.5. The molecule has 30 heavy (non-hydrogen) atoms. The van der Waals surface area contributed by atoms with Gasteiger partial charge < -0.3 is 19.4 Å². The molecule has 2 aromatic carbocycles. The van der Waals surface area contributed by atoms with Gasteiger partial charge in [-0.05, 0) is 43.7 Å². The number of halogens is 1. The van der Waals surface area contributed by atoms with Crippen LogP contribution in [0.25, 0.3) is 0 Å². The normalized spacial score (nSPS) is 10.5. The van der Waals surface area contributed by atoms with Crippen molar-refractivity contribution in [1.29, 1.82) is 0 Å². The van der Waals surface area contributed by atoms with Crippen molar-refractivity contribution in [1.82, 2.24) is 4.57 Å². The lowest BCUT2D eigenvalue weighted by Gasteiger charge is -2.13. The molecular formula is C23H23ClN2O4. The molecule has 1 aromatic heterocycles. The average molecular weight is 427 g/mol. The Morgan fingerprint density at radius 1 is 1.00 bits per heavy atom. The second kappa shape index (κ2) is 9.98. The molecule has 0 spiro atoms. The maximum atomic E-state index is 12.8. The number of nitrogens with zero attached hydrogens (tertiary/aromatic N) is 1. The van der Waals surface area contributed by atoms with E-state index < -0.39 is 0 Å². The van der Waals surface area contributed by atoms with E-state index in [2.05, 4.69) is 5.32 Å². The first-order chi connectivity index (χ1) is 14.5. The number of nitrogens with one attached hydrogen (secondary N) is 1. The van der Waals surface area contributed by atoms with Crippen molar-refractivity contribution in [3.05, 3.63) is 87.3 Å². The topological polar surface area (TPSA) is 69.6 Å². The Kier molecular flexibility index (Phi) is 7.14. The minimum atomic E-state index is -0.338. The van der Waals surface area contributed by atoms with E-state index in [1.165, 1.54) is 22.9 Å². The van der Waals surface area contributed by atoms with Gasteiger partial charge in [0.2, 0.25) is 0 Å². The SMILES string of the molecule is CCOc1ccc(NC(=O)c2ccc(=O)n(Cc3ccccc3Cl)c2)cc1OCC. The van der Waals surface area contributed by atoms with E-state index in [1.807, 2.05) is 32.0 Å². The average Bonchev–Trinajstić information content (AvgIpc) is 2.73. The van der Waals surface area contributed by atoms with E-state index in [9.17, 15) is 9.59 Å². The van der Waals surface area contributed by atoms with Gasteiger partial charge in [-0.3, -0.25) is 9.59 Å². The second-order valence-electron chi connectivity index (χ2n) is 6.46. The largest absolute Gasteiger partial charge is 0.490 e. The summed E-state index contributed by atoms with van der Waals surface area (Å²) in [4.78, 5) is 25.0. The third-order valence-corrected chi connectivity index (χ3v) is 4.71. The molecule has 3 rings (SSSR count). The molecule has 0 atom stereocenters. The zero-order valence-corrected chi connectivity index (χ0v) is 17.6. The zero-order chi connectivity index (χ0) is 21.5. The minimum Gasteiger partial charge on any atom is -0.490 e. The molecule has 0 aliphatic heterocycles. The molecule has 1 heterocycles. The van der Waals surface area contributed by atoms with Crippen LogP contribution >= 0.6 is 11.6 Å². The van der Waals surface area contributed by atoms with Gasteiger partial charge in [-0.25, -0.2) is 0 Å². The number of aromatic nitrogens is 1. The molecule has 0 unspecified atom stereocenters. The number of carbonyl (C=O) groups is 1. The molecule has 6 nitrogen and oxygen atoms in total. The Balaban J connectivity index is 1.81. The van der Waals surface area contributed by atoms with Crippen molar-refractivity contribution >= 4 is 23.2 Å². The van der Waals surface area contributed by atoms with Gasteiger partial charge in [0.1, 0.15) is 0 Å². The third kappa shape index (κ3) is 5.21. The third-order valence-electron chi connectivity index (χ3n) is 4.35. The van der Waals surface area contributed by atoms with Crippen LogP contribution in [0.5, 0.6) is 11.5 Å². The number of carbonyl (C=O) groups excluding carboxylic acids is 1. The summed E-state index contributed by atoms with van der Waals surface area (Å²) in [6, 6.07) is 15.4. The Morgan fingerprint density at radius 3 is 2.47 bits per heavy atom. The summed E-state index contributed by atoms with van der Waals surface area (Å²) >= 11 is 6.20. The van der Waals surface area contributed by atoms with E-state index >= 15 is 0 Å². The molecule has 1 amide bonds. The van der Waals surface area contributed by atoms with Crippen LogP contribution in [-0.4, -0.2) is 23.7 Å². The quantitative estimate of drug-likeness (QED) is 0.571. The molecule has 0 saturated carbocycles. The van der Waals surface area contributed by atoms with Crippen LogP contribution < -0.4 is 20.3 Å². The number of hydrogen-bond donors (Lipinski definition) is 1. The first-order valence-electron chi connectivity index (χ1n) is 9.66. The van der Waals surface area contributed by atoms with E-state index in [-0.39, 0.29) is 18.0 Å². The molecule has 3 aromatic rings. The fourth-order valence-corrected chi connectivity index (χ4v) is 3.13. The van der Waals surface area contributed by atoms with Crippen LogP contribution in [0.15, 0.2) is 65.6 Å². The van der Waals surface area contributed by atoms with Crippen molar-refractivity contribution in [3.8, 4) is 11.5 Å². The van der Waals surface area contributed by atoms with Crippen molar-refractivity contribution < 1.29 is 14.3 Å². The van der Waals surface area contributed by atoms with E-state index in [1.54, 1.807) is 24.3 Å². The van der Waals surface area contributed by atoms with Crippen LogP contribution in [0.3, 0.4) is 0 Å². The molecule has 7 heteroatoms. The number of benzene rings is 2. The lowest BCUT2D eigenvalue weighted by Crippen LogP contribution is -2.22. The Bertz CT molecular complexity index is 1090. The molecule has 0 fully saturated rings. The van der Waals surface area contributed by atoms with Crippen LogP contribution in [0.2, 0.25) is 5.02 Å². The first kappa shape index (κ1) is 21.5. The summed E-state index contributed by atoms with van der Waals surface area (Å²) < 4.78 is 12.6. The van der Waals surface area contributed by atoms with Crippen LogP contribution in [0.4, 0.5) is 5.69 Å². The Labute approximate surface area is 180 Å². The van der Waals surface area contributed by atoms with Crippen molar-refractivity contribution in [2.24, 2.45) is 0 Å². The summed E-state index contributed by atoms with van der Waals surface area (Å²) in [7, 11) is 0. The second-order valence-corrected chi connectivity index (χ2v) is 6.86. The fourth-order valence-electron chi connectivity index (χ4n) is 2.93. The highest BCUT2D eigenvalue weighted by molar-refractivity contribution is 6.31. The fraction of sp³-hybridized carbons (Fsp3) is 0.217. The van der Waals surface area contributed by atoms with Gasteiger partial charge in [0.05, 0.1) is 25.3 Å². The maximum absolute atomic E-state index is 12.8. The lowest BCUT2D eigenvalue weighted by molar-refractivity contribution is 0.102. The standard InChI is InChI=1S/C23H23ClN2O4/c1-3-29-20-11-10-18(13-21(20)30-4-2)25-23(28)17-9-12-22(27)26(15-17)14-16-7-5-6-8-19(16)24/h5-13,15H,3-4,14H2,1-2H3,(H,25,28).